The Bertz CT molecular complexity index is 851. The van der Waals surface area contributed by atoms with E-state index in [1.165, 1.54) is 7.11 Å². The molecule has 0 aliphatic heterocycles. The number of benzene rings is 1. The normalized spacial score (nSPS) is 11.6. The van der Waals surface area contributed by atoms with E-state index in [4.69, 9.17) is 0 Å². The molecule has 0 saturated carbocycles. The number of hydrogen-bond donors (Lipinski definition) is 1. The zero-order valence-corrected chi connectivity index (χ0v) is 14.0. The molecular weight excluding hydrogens is 316 g/mol. The van der Waals surface area contributed by atoms with Gasteiger partial charge in [-0.1, -0.05) is 35.9 Å². The summed E-state index contributed by atoms with van der Waals surface area (Å²) in [6.45, 7) is 2.05. The lowest BCUT2D eigenvalue weighted by Crippen LogP contribution is -2.16. The van der Waals surface area contributed by atoms with Crippen LogP contribution in [0.5, 0.6) is 0 Å². The van der Waals surface area contributed by atoms with E-state index in [1.807, 2.05) is 43.3 Å². The molecule has 2 heterocycles. The molecule has 1 aromatic carbocycles. The number of hydrogen-bond acceptors (Lipinski definition) is 6. The highest BCUT2D eigenvalue weighted by molar-refractivity contribution is 5.86. The van der Waals surface area contributed by atoms with Crippen LogP contribution in [0, 0.1) is 6.92 Å². The molecule has 6 heteroatoms. The quantitative estimate of drug-likeness (QED) is 0.722. The van der Waals surface area contributed by atoms with Crippen molar-refractivity contribution in [2.45, 2.75) is 13.0 Å². The van der Waals surface area contributed by atoms with Crippen molar-refractivity contribution in [3.8, 4) is 0 Å². The minimum absolute atomic E-state index is 0.165. The first-order valence-electron chi connectivity index (χ1n) is 7.83. The van der Waals surface area contributed by atoms with Gasteiger partial charge >= 0.3 is 5.97 Å². The number of methoxy groups -OCH3 is 1. The second-order valence-corrected chi connectivity index (χ2v) is 5.54. The second-order valence-electron chi connectivity index (χ2n) is 5.54. The van der Waals surface area contributed by atoms with Gasteiger partial charge in [0.15, 0.2) is 5.69 Å². The zero-order chi connectivity index (χ0) is 17.6. The Morgan fingerprint density at radius 2 is 1.96 bits per heavy atom. The molecule has 3 rings (SSSR count). The van der Waals surface area contributed by atoms with E-state index >= 15 is 0 Å². The number of aromatic nitrogens is 3. The lowest BCUT2D eigenvalue weighted by Gasteiger charge is -2.19. The third-order valence-corrected chi connectivity index (χ3v) is 3.71. The second kappa shape index (κ2) is 7.53. The highest BCUT2D eigenvalue weighted by Crippen LogP contribution is 2.25. The van der Waals surface area contributed by atoms with E-state index in [9.17, 15) is 4.79 Å². The molecule has 1 atom stereocenters. The summed E-state index contributed by atoms with van der Waals surface area (Å²) in [4.78, 5) is 15.9. The van der Waals surface area contributed by atoms with Crippen molar-refractivity contribution < 1.29 is 9.53 Å². The van der Waals surface area contributed by atoms with E-state index < -0.39 is 5.97 Å². The fourth-order valence-corrected chi connectivity index (χ4v) is 2.50. The van der Waals surface area contributed by atoms with Crippen molar-refractivity contribution in [1.82, 2.24) is 15.2 Å². The molecule has 0 fully saturated rings. The number of carbonyl (C=O) groups is 1. The van der Waals surface area contributed by atoms with Crippen LogP contribution >= 0.6 is 0 Å². The van der Waals surface area contributed by atoms with Crippen LogP contribution in [0.3, 0.4) is 0 Å². The summed E-state index contributed by atoms with van der Waals surface area (Å²) in [5.41, 5.74) is 3.26. The van der Waals surface area contributed by atoms with Crippen LogP contribution in [0.1, 0.15) is 33.4 Å². The van der Waals surface area contributed by atoms with Gasteiger partial charge < -0.3 is 10.1 Å². The van der Waals surface area contributed by atoms with Gasteiger partial charge in [-0.05, 0) is 36.8 Å². The average molecular weight is 334 g/mol. The fourth-order valence-electron chi connectivity index (χ4n) is 2.50. The van der Waals surface area contributed by atoms with Crippen LogP contribution in [0.2, 0.25) is 0 Å². The number of nitrogens with one attached hydrogen (secondary N) is 1. The van der Waals surface area contributed by atoms with Gasteiger partial charge in [0.2, 0.25) is 0 Å². The molecule has 6 nitrogen and oxygen atoms in total. The number of carbonyl (C=O) groups excluding carboxylic acids is 1. The Morgan fingerprint density at radius 3 is 2.60 bits per heavy atom. The third kappa shape index (κ3) is 3.98. The van der Waals surface area contributed by atoms with Crippen molar-refractivity contribution in [2.24, 2.45) is 0 Å². The van der Waals surface area contributed by atoms with Crippen molar-refractivity contribution in [2.75, 3.05) is 12.4 Å². The molecule has 1 unspecified atom stereocenters. The van der Waals surface area contributed by atoms with Gasteiger partial charge in [-0.2, -0.15) is 0 Å². The third-order valence-electron chi connectivity index (χ3n) is 3.71. The largest absolute Gasteiger partial charge is 0.464 e. The van der Waals surface area contributed by atoms with Crippen LogP contribution in [0.15, 0.2) is 60.8 Å². The molecule has 0 amide bonds. The van der Waals surface area contributed by atoms with Crippen molar-refractivity contribution in [3.63, 3.8) is 0 Å². The Balaban J connectivity index is 1.91. The van der Waals surface area contributed by atoms with Crippen LogP contribution in [0.25, 0.3) is 0 Å². The summed E-state index contributed by atoms with van der Waals surface area (Å²) in [6.07, 6.45) is 1.76. The molecule has 0 spiro atoms. The molecule has 2 aromatic heterocycles. The molecule has 0 aliphatic carbocycles. The zero-order valence-electron chi connectivity index (χ0n) is 14.0. The standard InChI is InChI=1S/C19H18N4O2/c1-13-6-5-7-14(12-13)18(15-8-3-4-11-20-15)21-17-10-9-16(22-23-17)19(24)25-2/h3-12,18H,1-2H3,(H,21,23). The van der Waals surface area contributed by atoms with Gasteiger partial charge in [0.25, 0.3) is 0 Å². The number of ether oxygens (including phenoxy) is 1. The molecule has 0 saturated heterocycles. The smallest absolute Gasteiger partial charge is 0.358 e. The molecule has 0 bridgehead atoms. The van der Waals surface area contributed by atoms with E-state index in [1.54, 1.807) is 18.3 Å². The number of pyridine rings is 1. The van der Waals surface area contributed by atoms with E-state index in [2.05, 4.69) is 31.3 Å². The first kappa shape index (κ1) is 16.6. The van der Waals surface area contributed by atoms with Gasteiger partial charge in [-0.15, -0.1) is 10.2 Å². The molecule has 0 radical (unpaired) electrons. The first-order valence-corrected chi connectivity index (χ1v) is 7.83. The highest BCUT2D eigenvalue weighted by atomic mass is 16.5. The Hall–Kier alpha value is -3.28. The average Bonchev–Trinajstić information content (AvgIpc) is 2.66. The SMILES string of the molecule is COC(=O)c1ccc(NC(c2cccc(C)c2)c2ccccn2)nn1. The summed E-state index contributed by atoms with van der Waals surface area (Å²) in [7, 11) is 1.31. The van der Waals surface area contributed by atoms with Crippen LogP contribution in [-0.2, 0) is 4.74 Å². The highest BCUT2D eigenvalue weighted by Gasteiger charge is 2.17. The minimum atomic E-state index is -0.515. The van der Waals surface area contributed by atoms with Gasteiger partial charge in [0.05, 0.1) is 18.8 Å². The summed E-state index contributed by atoms with van der Waals surface area (Å²) >= 11 is 0. The topological polar surface area (TPSA) is 77.0 Å². The lowest BCUT2D eigenvalue weighted by atomic mass is 10.0. The van der Waals surface area contributed by atoms with E-state index in [-0.39, 0.29) is 11.7 Å². The molecule has 126 valence electrons. The number of rotatable bonds is 5. The summed E-state index contributed by atoms with van der Waals surface area (Å²) < 4.78 is 4.64. The molecule has 1 N–H and O–H groups in total. The van der Waals surface area contributed by atoms with Gasteiger partial charge in [0, 0.05) is 6.20 Å². The number of anilines is 1. The van der Waals surface area contributed by atoms with Crippen LogP contribution < -0.4 is 5.32 Å². The first-order chi connectivity index (χ1) is 12.2. The van der Waals surface area contributed by atoms with Gasteiger partial charge in [-0.3, -0.25) is 4.98 Å². The van der Waals surface area contributed by atoms with Crippen molar-refractivity contribution in [1.29, 1.82) is 0 Å². The predicted molar refractivity (Wildman–Crippen MR) is 94.3 cm³/mol. The Labute approximate surface area is 145 Å². The summed E-state index contributed by atoms with van der Waals surface area (Å²) in [5.74, 6) is 0.0313. The maximum absolute atomic E-state index is 11.5. The minimum Gasteiger partial charge on any atom is -0.464 e. The van der Waals surface area contributed by atoms with E-state index in [0.29, 0.717) is 5.82 Å². The van der Waals surface area contributed by atoms with Gasteiger partial charge in [0.1, 0.15) is 5.82 Å². The van der Waals surface area contributed by atoms with Crippen molar-refractivity contribution >= 4 is 11.8 Å². The molecule has 25 heavy (non-hydrogen) atoms. The van der Waals surface area contributed by atoms with Crippen molar-refractivity contribution in [3.05, 3.63) is 83.3 Å². The summed E-state index contributed by atoms with van der Waals surface area (Å²) in [5, 5.41) is 11.3. The summed E-state index contributed by atoms with van der Waals surface area (Å²) in [6, 6.07) is 17.1. The number of nitrogens with zero attached hydrogens (tertiary/aromatic N) is 3. The number of aryl methyl sites for hydroxylation is 1. The van der Waals surface area contributed by atoms with Crippen LogP contribution in [-0.4, -0.2) is 28.3 Å². The van der Waals surface area contributed by atoms with Gasteiger partial charge in [-0.25, -0.2) is 4.79 Å². The maximum atomic E-state index is 11.5. The molecule has 3 aromatic rings. The predicted octanol–water partition coefficient (Wildman–Crippen LogP) is 3.17. The maximum Gasteiger partial charge on any atom is 0.358 e. The Morgan fingerprint density at radius 1 is 1.08 bits per heavy atom. The Kier molecular flexibility index (Phi) is 4.99. The molecule has 0 aliphatic rings. The number of esters is 1. The van der Waals surface area contributed by atoms with Crippen LogP contribution in [0.4, 0.5) is 5.82 Å². The monoisotopic (exact) mass is 334 g/mol. The molecular formula is C19H18N4O2. The van der Waals surface area contributed by atoms with E-state index in [0.717, 1.165) is 16.8 Å². The fraction of sp³-hybridized carbons (Fsp3) is 0.158. The lowest BCUT2D eigenvalue weighted by molar-refractivity contribution is 0.0593.